The van der Waals surface area contributed by atoms with E-state index in [0.29, 0.717) is 0 Å². The number of hydrogen-bond acceptors (Lipinski definition) is 2. The van der Waals surface area contributed by atoms with Crippen LogP contribution in [-0.4, -0.2) is 16.9 Å². The zero-order valence-electron chi connectivity index (χ0n) is 14.8. The molecule has 0 fully saturated rings. The third kappa shape index (κ3) is 18.6. The van der Waals surface area contributed by atoms with Crippen molar-refractivity contribution in [3.05, 3.63) is 24.3 Å². The van der Waals surface area contributed by atoms with Crippen molar-refractivity contribution in [2.75, 3.05) is 0 Å². The maximum absolute atomic E-state index is 11.4. The number of ketones is 1. The summed E-state index contributed by atoms with van der Waals surface area (Å²) in [5.41, 5.74) is 0. The van der Waals surface area contributed by atoms with Crippen molar-refractivity contribution in [3.8, 4) is 0 Å². The molecule has 0 aromatic carbocycles. The summed E-state index contributed by atoms with van der Waals surface area (Å²) >= 11 is 0. The molecular formula is C20H34O3. The average Bonchev–Trinajstić information content (AvgIpc) is 2.51. The summed E-state index contributed by atoms with van der Waals surface area (Å²) in [5, 5.41) is 8.44. The van der Waals surface area contributed by atoms with E-state index in [1.165, 1.54) is 82.4 Å². The van der Waals surface area contributed by atoms with Crippen molar-refractivity contribution in [3.63, 3.8) is 0 Å². The zero-order chi connectivity index (χ0) is 17.2. The number of carbonyl (C=O) groups excluding carboxylic acids is 1. The highest BCUT2D eigenvalue weighted by Crippen LogP contribution is 2.11. The van der Waals surface area contributed by atoms with Crippen LogP contribution in [0.5, 0.6) is 0 Å². The molecule has 0 spiro atoms. The molecular weight excluding hydrogens is 288 g/mol. The van der Waals surface area contributed by atoms with Gasteiger partial charge in [-0.15, -0.1) is 0 Å². The Morgan fingerprint density at radius 3 is 1.74 bits per heavy atom. The minimum absolute atomic E-state index is 0.0990. The van der Waals surface area contributed by atoms with Gasteiger partial charge in [0.05, 0.1) is 6.42 Å². The molecule has 0 radical (unpaired) electrons. The molecule has 3 heteroatoms. The molecule has 132 valence electrons. The summed E-state index contributed by atoms with van der Waals surface area (Å²) in [5.74, 6) is -1.05. The fourth-order valence-electron chi connectivity index (χ4n) is 2.46. The van der Waals surface area contributed by atoms with Gasteiger partial charge in [-0.1, -0.05) is 83.3 Å². The van der Waals surface area contributed by atoms with E-state index in [1.54, 1.807) is 0 Å². The van der Waals surface area contributed by atoms with Crippen LogP contribution in [0.15, 0.2) is 24.3 Å². The predicted molar refractivity (Wildman–Crippen MR) is 96.6 cm³/mol. The lowest BCUT2D eigenvalue weighted by Gasteiger charge is -2.01. The number of allylic oxidation sites excluding steroid dienone is 3. The van der Waals surface area contributed by atoms with Gasteiger partial charge in [0.25, 0.3) is 0 Å². The van der Waals surface area contributed by atoms with Gasteiger partial charge in [0, 0.05) is 0 Å². The van der Waals surface area contributed by atoms with Crippen LogP contribution in [0.3, 0.4) is 0 Å². The highest BCUT2D eigenvalue weighted by molar-refractivity contribution is 5.99. The van der Waals surface area contributed by atoms with Crippen LogP contribution in [-0.2, 0) is 9.59 Å². The topological polar surface area (TPSA) is 54.4 Å². The molecule has 23 heavy (non-hydrogen) atoms. The minimum Gasteiger partial charge on any atom is -0.481 e. The molecule has 0 atom stereocenters. The number of carbonyl (C=O) groups is 2. The summed E-state index contributed by atoms with van der Waals surface area (Å²) in [6, 6.07) is 0. The highest BCUT2D eigenvalue weighted by Gasteiger charge is 1.94. The van der Waals surface area contributed by atoms with Crippen molar-refractivity contribution in [1.82, 2.24) is 0 Å². The van der Waals surface area contributed by atoms with Crippen LogP contribution in [0.2, 0.25) is 0 Å². The molecule has 0 aliphatic carbocycles. The molecule has 0 saturated heterocycles. The second-order valence-corrected chi connectivity index (χ2v) is 6.13. The van der Waals surface area contributed by atoms with E-state index >= 15 is 0 Å². The first-order valence-corrected chi connectivity index (χ1v) is 9.25. The van der Waals surface area contributed by atoms with Crippen LogP contribution in [0, 0.1) is 0 Å². The fraction of sp³-hybridized carbons (Fsp3) is 0.700. The number of rotatable bonds is 16. The number of carboxylic acids is 1. The first kappa shape index (κ1) is 21.6. The number of unbranched alkanes of at least 4 members (excludes halogenated alkanes) is 11. The van der Waals surface area contributed by atoms with Crippen LogP contribution >= 0.6 is 0 Å². The first-order chi connectivity index (χ1) is 11.2. The molecule has 3 nitrogen and oxygen atoms in total. The van der Waals surface area contributed by atoms with Crippen molar-refractivity contribution >= 4 is 11.8 Å². The molecule has 0 aromatic heterocycles. The van der Waals surface area contributed by atoms with Gasteiger partial charge in [-0.3, -0.25) is 9.59 Å². The highest BCUT2D eigenvalue weighted by atomic mass is 16.4. The van der Waals surface area contributed by atoms with Gasteiger partial charge in [0.15, 0.2) is 5.78 Å². The third-order valence-electron chi connectivity index (χ3n) is 3.83. The minimum atomic E-state index is -0.918. The molecule has 0 rings (SSSR count). The van der Waals surface area contributed by atoms with Crippen molar-refractivity contribution in [2.45, 2.75) is 90.4 Å². The molecule has 0 heterocycles. The van der Waals surface area contributed by atoms with Gasteiger partial charge in [-0.25, -0.2) is 0 Å². The van der Waals surface area contributed by atoms with E-state index in [-0.39, 0.29) is 12.2 Å². The third-order valence-corrected chi connectivity index (χ3v) is 3.83. The van der Waals surface area contributed by atoms with Crippen LogP contribution in [0.4, 0.5) is 0 Å². The Morgan fingerprint density at radius 1 is 0.739 bits per heavy atom. The second-order valence-electron chi connectivity index (χ2n) is 6.13. The first-order valence-electron chi connectivity index (χ1n) is 9.25. The van der Waals surface area contributed by atoms with Crippen LogP contribution in [0.1, 0.15) is 90.4 Å². The fourth-order valence-corrected chi connectivity index (χ4v) is 2.46. The molecule has 0 bridgehead atoms. The molecule has 0 saturated carbocycles. The lowest BCUT2D eigenvalue weighted by Crippen LogP contribution is -1.92. The lowest BCUT2D eigenvalue weighted by atomic mass is 10.1. The molecule has 0 aromatic rings. The van der Waals surface area contributed by atoms with E-state index in [2.05, 4.69) is 6.92 Å². The van der Waals surface area contributed by atoms with E-state index in [1.807, 2.05) is 6.08 Å². The second kappa shape index (κ2) is 17.0. The SMILES string of the molecule is CCCCCCCCCCCCCC=CC(=O)C=CCC(=O)O. The van der Waals surface area contributed by atoms with E-state index in [0.717, 1.165) is 12.8 Å². The van der Waals surface area contributed by atoms with Crippen molar-refractivity contribution < 1.29 is 14.7 Å². The Morgan fingerprint density at radius 2 is 1.22 bits per heavy atom. The summed E-state index contributed by atoms with van der Waals surface area (Å²) in [7, 11) is 0. The summed E-state index contributed by atoms with van der Waals surface area (Å²) < 4.78 is 0. The molecule has 0 amide bonds. The predicted octanol–water partition coefficient (Wildman–Crippen LogP) is 5.84. The summed E-state index contributed by atoms with van der Waals surface area (Å²) in [4.78, 5) is 21.6. The van der Waals surface area contributed by atoms with Crippen LogP contribution in [0.25, 0.3) is 0 Å². The Bertz CT molecular complexity index is 356. The Hall–Kier alpha value is -1.38. The zero-order valence-corrected chi connectivity index (χ0v) is 14.8. The van der Waals surface area contributed by atoms with E-state index in [4.69, 9.17) is 5.11 Å². The van der Waals surface area contributed by atoms with E-state index in [9.17, 15) is 9.59 Å². The van der Waals surface area contributed by atoms with E-state index < -0.39 is 5.97 Å². The van der Waals surface area contributed by atoms with Crippen molar-refractivity contribution in [1.29, 1.82) is 0 Å². The molecule has 0 unspecified atom stereocenters. The van der Waals surface area contributed by atoms with Gasteiger partial charge in [0.1, 0.15) is 0 Å². The maximum Gasteiger partial charge on any atom is 0.307 e. The summed E-state index contributed by atoms with van der Waals surface area (Å²) in [6.07, 6.45) is 21.5. The number of hydrogen-bond donors (Lipinski definition) is 1. The maximum atomic E-state index is 11.4. The van der Waals surface area contributed by atoms with Gasteiger partial charge in [-0.2, -0.15) is 0 Å². The number of carboxylic acid groups (broad SMARTS) is 1. The Labute approximate surface area is 141 Å². The van der Waals surface area contributed by atoms with Crippen LogP contribution < -0.4 is 0 Å². The van der Waals surface area contributed by atoms with Gasteiger partial charge < -0.3 is 5.11 Å². The smallest absolute Gasteiger partial charge is 0.307 e. The Balaban J connectivity index is 3.32. The standard InChI is InChI=1S/C20H34O3/c1-2-3-4-5-6-7-8-9-10-11-12-13-14-16-19(21)17-15-18-20(22)23/h14-17H,2-13,18H2,1H3,(H,22,23). The van der Waals surface area contributed by atoms with Crippen molar-refractivity contribution in [2.24, 2.45) is 0 Å². The average molecular weight is 322 g/mol. The van der Waals surface area contributed by atoms with Gasteiger partial charge in [0.2, 0.25) is 0 Å². The van der Waals surface area contributed by atoms with Gasteiger partial charge >= 0.3 is 5.97 Å². The number of aliphatic carboxylic acids is 1. The summed E-state index contributed by atoms with van der Waals surface area (Å²) in [6.45, 7) is 2.25. The molecule has 0 aliphatic rings. The largest absolute Gasteiger partial charge is 0.481 e. The lowest BCUT2D eigenvalue weighted by molar-refractivity contribution is -0.136. The molecule has 0 aliphatic heterocycles. The normalized spacial score (nSPS) is 11.5. The quantitative estimate of drug-likeness (QED) is 0.287. The Kier molecular flexibility index (Phi) is 16.0. The monoisotopic (exact) mass is 322 g/mol. The van der Waals surface area contributed by atoms with Gasteiger partial charge in [-0.05, 0) is 25.0 Å². The molecule has 1 N–H and O–H groups in total.